The van der Waals surface area contributed by atoms with Gasteiger partial charge in [-0.2, -0.15) is 0 Å². The Hall–Kier alpha value is -1.89. The maximum atomic E-state index is 12.4. The molecule has 126 valence electrons. The van der Waals surface area contributed by atoms with Gasteiger partial charge in [0.2, 0.25) is 5.28 Å². The average Bonchev–Trinajstić information content (AvgIpc) is 2.45. The monoisotopic (exact) mass is 340 g/mol. The van der Waals surface area contributed by atoms with Crippen molar-refractivity contribution in [3.8, 4) is 0 Å². The van der Waals surface area contributed by atoms with Gasteiger partial charge in [0.05, 0.1) is 5.56 Å². The van der Waals surface area contributed by atoms with Gasteiger partial charge in [0, 0.05) is 31.5 Å². The molecule has 0 spiro atoms. The number of hydrogen-bond donors (Lipinski definition) is 1. The molecule has 0 aromatic carbocycles. The normalized spacial score (nSPS) is 18.4. The number of carbonyl (C=O) groups excluding carboxylic acids is 2. The molecular formula is C15H21ClN4O3. The molecule has 1 aromatic heterocycles. The van der Waals surface area contributed by atoms with Gasteiger partial charge in [0.15, 0.2) is 0 Å². The first kappa shape index (κ1) is 17.5. The summed E-state index contributed by atoms with van der Waals surface area (Å²) >= 11 is 5.63. The number of rotatable bonds is 2. The van der Waals surface area contributed by atoms with Crippen molar-refractivity contribution in [1.82, 2.24) is 20.2 Å². The van der Waals surface area contributed by atoms with E-state index in [9.17, 15) is 9.59 Å². The molecule has 2 heterocycles. The number of piperidine rings is 1. The minimum atomic E-state index is -0.547. The summed E-state index contributed by atoms with van der Waals surface area (Å²) in [6.07, 6.45) is 3.96. The zero-order valence-electron chi connectivity index (χ0n) is 13.5. The Kier molecular flexibility index (Phi) is 5.41. The van der Waals surface area contributed by atoms with Crippen LogP contribution in [0.15, 0.2) is 12.4 Å². The summed E-state index contributed by atoms with van der Waals surface area (Å²) in [5.41, 5.74) is -0.165. The van der Waals surface area contributed by atoms with Crippen LogP contribution >= 0.6 is 11.6 Å². The first-order valence-corrected chi connectivity index (χ1v) is 7.89. The molecule has 1 aromatic rings. The van der Waals surface area contributed by atoms with Crippen LogP contribution in [0.4, 0.5) is 4.79 Å². The van der Waals surface area contributed by atoms with E-state index in [1.54, 1.807) is 4.90 Å². The van der Waals surface area contributed by atoms with E-state index in [2.05, 4.69) is 15.3 Å². The number of hydrogen-bond acceptors (Lipinski definition) is 5. The average molecular weight is 341 g/mol. The van der Waals surface area contributed by atoms with Crippen LogP contribution in [-0.2, 0) is 4.74 Å². The lowest BCUT2D eigenvalue weighted by Crippen LogP contribution is -2.50. The summed E-state index contributed by atoms with van der Waals surface area (Å²) in [5.74, 6) is -0.169. The van der Waals surface area contributed by atoms with Crippen LogP contribution in [0, 0.1) is 0 Å². The van der Waals surface area contributed by atoms with E-state index < -0.39 is 11.7 Å². The second kappa shape index (κ2) is 7.12. The molecular weight excluding hydrogens is 320 g/mol. The van der Waals surface area contributed by atoms with Crippen molar-refractivity contribution < 1.29 is 14.3 Å². The molecule has 1 aliphatic heterocycles. The van der Waals surface area contributed by atoms with Gasteiger partial charge < -0.3 is 15.0 Å². The zero-order valence-corrected chi connectivity index (χ0v) is 14.3. The molecule has 23 heavy (non-hydrogen) atoms. The smallest absolute Gasteiger partial charge is 0.407 e. The lowest BCUT2D eigenvalue weighted by molar-refractivity contribution is 0.0452. The van der Waals surface area contributed by atoms with Crippen LogP contribution in [0.1, 0.15) is 44.0 Å². The number of amides is 2. The molecule has 1 fully saturated rings. The van der Waals surface area contributed by atoms with Gasteiger partial charge in [-0.15, -0.1) is 0 Å². The van der Waals surface area contributed by atoms with Gasteiger partial charge in [0.25, 0.3) is 5.91 Å². The predicted octanol–water partition coefficient (Wildman–Crippen LogP) is 2.26. The van der Waals surface area contributed by atoms with E-state index in [4.69, 9.17) is 16.3 Å². The number of ether oxygens (including phenoxy) is 1. The van der Waals surface area contributed by atoms with Gasteiger partial charge in [0.1, 0.15) is 5.60 Å². The lowest BCUT2D eigenvalue weighted by atomic mass is 10.1. The summed E-state index contributed by atoms with van der Waals surface area (Å²) in [6.45, 7) is 6.49. The van der Waals surface area contributed by atoms with Gasteiger partial charge in [-0.25, -0.2) is 14.8 Å². The molecule has 2 rings (SSSR count). The highest BCUT2D eigenvalue weighted by Crippen LogP contribution is 2.15. The number of likely N-dealkylation sites (tertiary alicyclic amines) is 1. The SMILES string of the molecule is CC(C)(C)OC(=O)NC1CCCN(C(=O)c2cnc(Cl)nc2)C1. The molecule has 0 bridgehead atoms. The van der Waals surface area contributed by atoms with E-state index in [-0.39, 0.29) is 17.2 Å². The fourth-order valence-electron chi connectivity index (χ4n) is 2.36. The molecule has 1 unspecified atom stereocenters. The second-order valence-corrected chi connectivity index (χ2v) is 6.82. The Labute approximate surface area is 140 Å². The maximum absolute atomic E-state index is 12.4. The minimum Gasteiger partial charge on any atom is -0.444 e. The van der Waals surface area contributed by atoms with Crippen LogP contribution in [0.3, 0.4) is 0 Å². The molecule has 1 N–H and O–H groups in total. The molecule has 8 heteroatoms. The van der Waals surface area contributed by atoms with E-state index in [0.717, 1.165) is 12.8 Å². The topological polar surface area (TPSA) is 84.4 Å². The van der Waals surface area contributed by atoms with Crippen LogP contribution in [-0.4, -0.2) is 51.6 Å². The molecule has 1 atom stereocenters. The summed E-state index contributed by atoms with van der Waals surface area (Å²) < 4.78 is 5.25. The Morgan fingerprint density at radius 2 is 2.00 bits per heavy atom. The predicted molar refractivity (Wildman–Crippen MR) is 85.3 cm³/mol. The standard InChI is InChI=1S/C15H21ClN4O3/c1-15(2,3)23-14(22)19-11-5-4-6-20(9-11)12(21)10-7-17-13(16)18-8-10/h7-8,11H,4-6,9H2,1-3H3,(H,19,22). The van der Waals surface area contributed by atoms with Crippen molar-refractivity contribution in [2.75, 3.05) is 13.1 Å². The number of carbonyl (C=O) groups is 2. The molecule has 0 radical (unpaired) electrons. The first-order chi connectivity index (χ1) is 10.7. The molecule has 0 aliphatic carbocycles. The van der Waals surface area contributed by atoms with Crippen LogP contribution in [0.2, 0.25) is 5.28 Å². The fourth-order valence-corrected chi connectivity index (χ4v) is 2.46. The number of nitrogens with zero attached hydrogens (tertiary/aromatic N) is 3. The summed E-state index contributed by atoms with van der Waals surface area (Å²) in [6, 6.07) is -0.129. The lowest BCUT2D eigenvalue weighted by Gasteiger charge is -2.33. The molecule has 2 amide bonds. The van der Waals surface area contributed by atoms with Crippen LogP contribution in [0.5, 0.6) is 0 Å². The summed E-state index contributed by atoms with van der Waals surface area (Å²) in [4.78, 5) is 33.6. The van der Waals surface area contributed by atoms with E-state index in [0.29, 0.717) is 18.7 Å². The highest BCUT2D eigenvalue weighted by molar-refractivity contribution is 6.28. The van der Waals surface area contributed by atoms with E-state index in [1.807, 2.05) is 20.8 Å². The Balaban J connectivity index is 1.94. The third kappa shape index (κ3) is 5.35. The highest BCUT2D eigenvalue weighted by atomic mass is 35.5. The van der Waals surface area contributed by atoms with Crippen molar-refractivity contribution in [2.24, 2.45) is 0 Å². The molecule has 7 nitrogen and oxygen atoms in total. The zero-order chi connectivity index (χ0) is 17.0. The van der Waals surface area contributed by atoms with Crippen LogP contribution in [0.25, 0.3) is 0 Å². The Bertz CT molecular complexity index is 571. The number of nitrogens with one attached hydrogen (secondary N) is 1. The van der Waals surface area contributed by atoms with Crippen molar-refractivity contribution in [2.45, 2.75) is 45.3 Å². The fraction of sp³-hybridized carbons (Fsp3) is 0.600. The molecule has 1 aliphatic rings. The molecule has 0 saturated carbocycles. The van der Waals surface area contributed by atoms with Crippen LogP contribution < -0.4 is 5.32 Å². The first-order valence-electron chi connectivity index (χ1n) is 7.51. The minimum absolute atomic E-state index is 0.102. The van der Waals surface area contributed by atoms with Crippen molar-refractivity contribution in [3.05, 3.63) is 23.2 Å². The largest absolute Gasteiger partial charge is 0.444 e. The summed E-state index contributed by atoms with van der Waals surface area (Å²) in [7, 11) is 0. The van der Waals surface area contributed by atoms with Crippen molar-refractivity contribution in [1.29, 1.82) is 0 Å². The highest BCUT2D eigenvalue weighted by Gasteiger charge is 2.27. The Morgan fingerprint density at radius 1 is 1.35 bits per heavy atom. The van der Waals surface area contributed by atoms with Gasteiger partial charge >= 0.3 is 6.09 Å². The quantitative estimate of drug-likeness (QED) is 0.835. The maximum Gasteiger partial charge on any atom is 0.407 e. The number of aromatic nitrogens is 2. The molecule has 1 saturated heterocycles. The second-order valence-electron chi connectivity index (χ2n) is 6.48. The van der Waals surface area contributed by atoms with Crippen molar-refractivity contribution >= 4 is 23.6 Å². The third-order valence-corrected chi connectivity index (χ3v) is 3.49. The van der Waals surface area contributed by atoms with E-state index in [1.165, 1.54) is 12.4 Å². The van der Waals surface area contributed by atoms with Gasteiger partial charge in [-0.1, -0.05) is 0 Å². The van der Waals surface area contributed by atoms with Gasteiger partial charge in [-0.05, 0) is 45.2 Å². The Morgan fingerprint density at radius 3 is 2.61 bits per heavy atom. The third-order valence-electron chi connectivity index (χ3n) is 3.30. The number of halogens is 1. The number of alkyl carbamates (subject to hydrolysis) is 1. The van der Waals surface area contributed by atoms with E-state index >= 15 is 0 Å². The van der Waals surface area contributed by atoms with Gasteiger partial charge in [-0.3, -0.25) is 4.79 Å². The summed E-state index contributed by atoms with van der Waals surface area (Å²) in [5, 5.41) is 2.91. The van der Waals surface area contributed by atoms with Crippen molar-refractivity contribution in [3.63, 3.8) is 0 Å².